The molecule has 0 fully saturated rings. The number of rotatable bonds is 7. The van der Waals surface area contributed by atoms with Crippen LogP contribution in [0, 0.1) is 10.1 Å². The SMILES string of the molecule is C=CCC(Nc1ccc(C(N)=O)cc1[N+](=O)[O-])C(=O)O. The molecule has 1 atom stereocenters. The molecule has 1 unspecified atom stereocenters. The fourth-order valence-corrected chi connectivity index (χ4v) is 1.53. The standard InChI is InChI=1S/C12H13N3O5/c1-2-3-9(12(17)18)14-8-5-4-7(11(13)16)6-10(8)15(19)20/h2,4-6,9,14H,1,3H2,(H2,13,16)(H,17,18). The number of hydrogen-bond acceptors (Lipinski definition) is 5. The van der Waals surface area contributed by atoms with Gasteiger partial charge in [0.15, 0.2) is 0 Å². The minimum Gasteiger partial charge on any atom is -0.480 e. The van der Waals surface area contributed by atoms with Gasteiger partial charge in [0.25, 0.3) is 5.69 Å². The minimum absolute atomic E-state index is 0.00532. The van der Waals surface area contributed by atoms with Crippen LogP contribution in [0.5, 0.6) is 0 Å². The number of aliphatic carboxylic acids is 1. The fraction of sp³-hybridized carbons (Fsp3) is 0.167. The number of benzene rings is 1. The van der Waals surface area contributed by atoms with Crippen molar-refractivity contribution in [2.75, 3.05) is 5.32 Å². The van der Waals surface area contributed by atoms with Crippen molar-refractivity contribution in [3.8, 4) is 0 Å². The molecule has 0 spiro atoms. The Balaban J connectivity index is 3.16. The molecule has 1 rings (SSSR count). The van der Waals surface area contributed by atoms with E-state index in [2.05, 4.69) is 11.9 Å². The quantitative estimate of drug-likeness (QED) is 0.389. The first-order valence-electron chi connectivity index (χ1n) is 5.55. The summed E-state index contributed by atoms with van der Waals surface area (Å²) in [4.78, 5) is 32.2. The first-order valence-corrected chi connectivity index (χ1v) is 5.55. The maximum atomic E-state index is 11.0. The minimum atomic E-state index is -1.17. The van der Waals surface area contributed by atoms with Gasteiger partial charge in [-0.05, 0) is 18.6 Å². The molecule has 106 valence electrons. The first kappa shape index (κ1) is 15.2. The maximum Gasteiger partial charge on any atom is 0.326 e. The van der Waals surface area contributed by atoms with Crippen molar-refractivity contribution >= 4 is 23.3 Å². The van der Waals surface area contributed by atoms with E-state index in [0.717, 1.165) is 6.07 Å². The monoisotopic (exact) mass is 279 g/mol. The lowest BCUT2D eigenvalue weighted by atomic mass is 10.1. The molecule has 20 heavy (non-hydrogen) atoms. The van der Waals surface area contributed by atoms with Crippen LogP contribution in [0.4, 0.5) is 11.4 Å². The molecule has 8 nitrogen and oxygen atoms in total. The Morgan fingerprint density at radius 1 is 1.55 bits per heavy atom. The second-order valence-electron chi connectivity index (χ2n) is 3.91. The Labute approximate surface area is 114 Å². The molecule has 0 radical (unpaired) electrons. The number of carboxylic acid groups (broad SMARTS) is 1. The predicted octanol–water partition coefficient (Wildman–Crippen LogP) is 1.13. The van der Waals surface area contributed by atoms with Crippen LogP contribution in [0.15, 0.2) is 30.9 Å². The average Bonchev–Trinajstić information content (AvgIpc) is 2.37. The molecule has 1 aromatic carbocycles. The zero-order chi connectivity index (χ0) is 15.3. The highest BCUT2D eigenvalue weighted by Gasteiger charge is 2.22. The molecule has 0 aromatic heterocycles. The lowest BCUT2D eigenvalue weighted by molar-refractivity contribution is -0.384. The van der Waals surface area contributed by atoms with Gasteiger partial charge in [0.1, 0.15) is 11.7 Å². The highest BCUT2D eigenvalue weighted by atomic mass is 16.6. The van der Waals surface area contributed by atoms with E-state index in [9.17, 15) is 19.7 Å². The van der Waals surface area contributed by atoms with Gasteiger partial charge in [0.2, 0.25) is 5.91 Å². The van der Waals surface area contributed by atoms with E-state index in [1.807, 2.05) is 0 Å². The molecule has 4 N–H and O–H groups in total. The molecule has 0 saturated carbocycles. The summed E-state index contributed by atoms with van der Waals surface area (Å²) in [5, 5.41) is 22.5. The zero-order valence-electron chi connectivity index (χ0n) is 10.4. The summed E-state index contributed by atoms with van der Waals surface area (Å²) in [6.45, 7) is 3.42. The van der Waals surface area contributed by atoms with Crippen LogP contribution < -0.4 is 11.1 Å². The molecule has 0 bridgehead atoms. The van der Waals surface area contributed by atoms with Gasteiger partial charge in [-0.15, -0.1) is 6.58 Å². The molecular weight excluding hydrogens is 266 g/mol. The van der Waals surface area contributed by atoms with Crippen molar-refractivity contribution in [1.82, 2.24) is 0 Å². The molecule has 0 saturated heterocycles. The second-order valence-corrected chi connectivity index (χ2v) is 3.91. The van der Waals surface area contributed by atoms with E-state index in [1.165, 1.54) is 18.2 Å². The summed E-state index contributed by atoms with van der Waals surface area (Å²) in [6, 6.07) is 2.48. The van der Waals surface area contributed by atoms with Crippen molar-refractivity contribution in [1.29, 1.82) is 0 Å². The third-order valence-electron chi connectivity index (χ3n) is 2.51. The molecule has 8 heteroatoms. The summed E-state index contributed by atoms with van der Waals surface area (Å²) >= 11 is 0. The number of amides is 1. The number of nitro groups is 1. The van der Waals surface area contributed by atoms with Gasteiger partial charge < -0.3 is 16.2 Å². The summed E-state index contributed by atoms with van der Waals surface area (Å²) in [5.41, 5.74) is 4.59. The van der Waals surface area contributed by atoms with E-state index >= 15 is 0 Å². The number of nitrogens with two attached hydrogens (primary N) is 1. The predicted molar refractivity (Wildman–Crippen MR) is 71.5 cm³/mol. The summed E-state index contributed by atoms with van der Waals surface area (Å²) in [5.74, 6) is -1.97. The molecule has 0 aliphatic heterocycles. The summed E-state index contributed by atoms with van der Waals surface area (Å²) in [7, 11) is 0. The number of carboxylic acids is 1. The number of carbonyl (C=O) groups is 2. The molecule has 0 aliphatic rings. The third kappa shape index (κ3) is 3.55. The molecule has 0 aliphatic carbocycles. The summed E-state index contributed by atoms with van der Waals surface area (Å²) < 4.78 is 0. The second kappa shape index (κ2) is 6.32. The van der Waals surface area contributed by atoms with Crippen LogP contribution in [0.1, 0.15) is 16.8 Å². The van der Waals surface area contributed by atoms with Crippen LogP contribution in [0.3, 0.4) is 0 Å². The maximum absolute atomic E-state index is 11.0. The fourth-order valence-electron chi connectivity index (χ4n) is 1.53. The highest BCUT2D eigenvalue weighted by molar-refractivity contribution is 5.94. The molecule has 1 aromatic rings. The summed E-state index contributed by atoms with van der Waals surface area (Å²) in [6.07, 6.45) is 1.47. The number of primary amides is 1. The third-order valence-corrected chi connectivity index (χ3v) is 2.51. The van der Waals surface area contributed by atoms with Gasteiger partial charge >= 0.3 is 5.97 Å². The Morgan fingerprint density at radius 3 is 2.65 bits per heavy atom. The molecular formula is C12H13N3O5. The van der Waals surface area contributed by atoms with Gasteiger partial charge in [-0.3, -0.25) is 14.9 Å². The van der Waals surface area contributed by atoms with Crippen molar-refractivity contribution in [2.45, 2.75) is 12.5 Å². The van der Waals surface area contributed by atoms with Crippen LogP contribution in [-0.2, 0) is 4.79 Å². The van der Waals surface area contributed by atoms with E-state index in [1.54, 1.807) is 0 Å². The van der Waals surface area contributed by atoms with E-state index in [-0.39, 0.29) is 17.7 Å². The number of anilines is 1. The highest BCUT2D eigenvalue weighted by Crippen LogP contribution is 2.26. The van der Waals surface area contributed by atoms with Gasteiger partial charge in [-0.1, -0.05) is 6.08 Å². The van der Waals surface area contributed by atoms with E-state index < -0.39 is 28.5 Å². The van der Waals surface area contributed by atoms with Gasteiger partial charge in [-0.25, -0.2) is 4.79 Å². The molecule has 0 heterocycles. The lowest BCUT2D eigenvalue weighted by Gasteiger charge is -2.14. The average molecular weight is 279 g/mol. The van der Waals surface area contributed by atoms with Crippen molar-refractivity contribution in [3.63, 3.8) is 0 Å². The number of carbonyl (C=O) groups excluding carboxylic acids is 1. The number of nitrogens with one attached hydrogen (secondary N) is 1. The van der Waals surface area contributed by atoms with Crippen LogP contribution in [0.25, 0.3) is 0 Å². The van der Waals surface area contributed by atoms with Crippen LogP contribution >= 0.6 is 0 Å². The van der Waals surface area contributed by atoms with Crippen molar-refractivity contribution in [3.05, 3.63) is 46.5 Å². The van der Waals surface area contributed by atoms with Gasteiger partial charge in [-0.2, -0.15) is 0 Å². The Bertz CT molecular complexity index is 570. The van der Waals surface area contributed by atoms with Gasteiger partial charge in [0.05, 0.1) is 4.92 Å². The van der Waals surface area contributed by atoms with Crippen LogP contribution in [-0.4, -0.2) is 27.9 Å². The van der Waals surface area contributed by atoms with Gasteiger partial charge in [0, 0.05) is 11.6 Å². The van der Waals surface area contributed by atoms with E-state index in [0.29, 0.717) is 0 Å². The number of nitro benzene ring substituents is 1. The topological polar surface area (TPSA) is 136 Å². The van der Waals surface area contributed by atoms with Crippen molar-refractivity contribution < 1.29 is 19.6 Å². The zero-order valence-corrected chi connectivity index (χ0v) is 10.4. The van der Waals surface area contributed by atoms with Crippen molar-refractivity contribution in [2.24, 2.45) is 5.73 Å². The van der Waals surface area contributed by atoms with E-state index in [4.69, 9.17) is 10.8 Å². The lowest BCUT2D eigenvalue weighted by Crippen LogP contribution is -2.29. The normalized spacial score (nSPS) is 11.4. The Hall–Kier alpha value is -2.90. The smallest absolute Gasteiger partial charge is 0.326 e. The molecule has 1 amide bonds. The number of nitrogens with zero attached hydrogens (tertiary/aromatic N) is 1. The van der Waals surface area contributed by atoms with Crippen LogP contribution in [0.2, 0.25) is 0 Å². The first-order chi connectivity index (χ1) is 9.36. The number of hydrogen-bond donors (Lipinski definition) is 3. The Morgan fingerprint density at radius 2 is 2.20 bits per heavy atom. The Kier molecular flexibility index (Phi) is 4.79. The largest absolute Gasteiger partial charge is 0.480 e.